The summed E-state index contributed by atoms with van der Waals surface area (Å²) in [6.45, 7) is 6.23. The van der Waals surface area contributed by atoms with Gasteiger partial charge in [0.1, 0.15) is 13.2 Å². The van der Waals surface area contributed by atoms with E-state index in [1.807, 2.05) is 24.7 Å². The van der Waals surface area contributed by atoms with Crippen molar-refractivity contribution in [3.8, 4) is 11.5 Å². The van der Waals surface area contributed by atoms with Crippen molar-refractivity contribution < 1.29 is 9.47 Å². The molecule has 5 heteroatoms. The average Bonchev–Trinajstić information content (AvgIpc) is 2.82. The molecule has 3 rings (SSSR count). The average molecular weight is 287 g/mol. The lowest BCUT2D eigenvalue weighted by Crippen LogP contribution is -2.19. The number of nitrogens with one attached hydrogen (secondary N) is 1. The van der Waals surface area contributed by atoms with Gasteiger partial charge >= 0.3 is 0 Å². The summed E-state index contributed by atoms with van der Waals surface area (Å²) < 4.78 is 13.0. The lowest BCUT2D eigenvalue weighted by atomic mass is 10.1. The highest BCUT2D eigenvalue weighted by Crippen LogP contribution is 2.32. The van der Waals surface area contributed by atoms with Crippen LogP contribution in [0.5, 0.6) is 11.5 Å². The van der Waals surface area contributed by atoms with Crippen molar-refractivity contribution in [1.82, 2.24) is 15.1 Å². The van der Waals surface area contributed by atoms with Crippen LogP contribution in [0.15, 0.2) is 24.4 Å². The SMILES string of the molecule is Cc1nn(C)cc1CNC(C)c1ccc2c(c1)OCCO2. The summed E-state index contributed by atoms with van der Waals surface area (Å²) in [6.07, 6.45) is 2.05. The largest absolute Gasteiger partial charge is 0.486 e. The molecule has 0 saturated heterocycles. The van der Waals surface area contributed by atoms with Gasteiger partial charge in [0.25, 0.3) is 0 Å². The van der Waals surface area contributed by atoms with Gasteiger partial charge in [-0.2, -0.15) is 5.10 Å². The van der Waals surface area contributed by atoms with Gasteiger partial charge in [-0.05, 0) is 31.5 Å². The Balaban J connectivity index is 1.67. The van der Waals surface area contributed by atoms with Crippen molar-refractivity contribution in [3.63, 3.8) is 0 Å². The molecule has 1 N–H and O–H groups in total. The van der Waals surface area contributed by atoms with Crippen molar-refractivity contribution in [1.29, 1.82) is 0 Å². The van der Waals surface area contributed by atoms with Gasteiger partial charge in [-0.15, -0.1) is 0 Å². The molecule has 2 aromatic rings. The molecule has 0 fully saturated rings. The maximum atomic E-state index is 5.63. The summed E-state index contributed by atoms with van der Waals surface area (Å²) >= 11 is 0. The first-order chi connectivity index (χ1) is 10.1. The Morgan fingerprint density at radius 1 is 1.29 bits per heavy atom. The molecule has 2 heterocycles. The van der Waals surface area contributed by atoms with Crippen molar-refractivity contribution in [2.45, 2.75) is 26.4 Å². The number of aryl methyl sites for hydroxylation is 2. The second-order valence-corrected chi connectivity index (χ2v) is 5.42. The minimum absolute atomic E-state index is 0.237. The Bertz CT molecular complexity index is 636. The molecule has 112 valence electrons. The van der Waals surface area contributed by atoms with E-state index in [4.69, 9.17) is 9.47 Å². The fraction of sp³-hybridized carbons (Fsp3) is 0.438. The molecule has 0 spiro atoms. The smallest absolute Gasteiger partial charge is 0.161 e. The van der Waals surface area contributed by atoms with Gasteiger partial charge in [0, 0.05) is 31.4 Å². The second kappa shape index (κ2) is 5.77. The molecule has 0 aliphatic carbocycles. The molecule has 1 unspecified atom stereocenters. The first-order valence-corrected chi connectivity index (χ1v) is 7.25. The molecule has 1 aromatic heterocycles. The van der Waals surface area contributed by atoms with Gasteiger partial charge in [0.15, 0.2) is 11.5 Å². The fourth-order valence-corrected chi connectivity index (χ4v) is 2.53. The molecule has 0 saturated carbocycles. The molecule has 1 aliphatic rings. The standard InChI is InChI=1S/C16H21N3O2/c1-11(17-9-14-10-19(3)18-12(14)2)13-4-5-15-16(8-13)21-7-6-20-15/h4-5,8,10-11,17H,6-7,9H2,1-3H3. The van der Waals surface area contributed by atoms with Crippen molar-refractivity contribution in [3.05, 3.63) is 41.2 Å². The van der Waals surface area contributed by atoms with Crippen molar-refractivity contribution in [2.24, 2.45) is 7.05 Å². The van der Waals surface area contributed by atoms with Gasteiger partial charge in [0.05, 0.1) is 5.69 Å². The predicted molar refractivity (Wildman–Crippen MR) is 80.6 cm³/mol. The lowest BCUT2D eigenvalue weighted by Gasteiger charge is -2.21. The van der Waals surface area contributed by atoms with Crippen LogP contribution in [0, 0.1) is 6.92 Å². The van der Waals surface area contributed by atoms with E-state index in [1.54, 1.807) is 0 Å². The van der Waals surface area contributed by atoms with Crippen molar-refractivity contribution >= 4 is 0 Å². The zero-order valence-electron chi connectivity index (χ0n) is 12.7. The minimum Gasteiger partial charge on any atom is -0.486 e. The zero-order chi connectivity index (χ0) is 14.8. The molecule has 1 aromatic carbocycles. The van der Waals surface area contributed by atoms with E-state index in [-0.39, 0.29) is 6.04 Å². The molecule has 21 heavy (non-hydrogen) atoms. The van der Waals surface area contributed by atoms with E-state index in [0.29, 0.717) is 13.2 Å². The molecule has 1 aliphatic heterocycles. The summed E-state index contributed by atoms with van der Waals surface area (Å²) in [5.41, 5.74) is 3.49. The molecule has 0 bridgehead atoms. The Labute approximate surface area is 124 Å². The summed E-state index contributed by atoms with van der Waals surface area (Å²) in [5.74, 6) is 1.67. The highest BCUT2D eigenvalue weighted by Gasteiger charge is 2.14. The Hall–Kier alpha value is -2.01. The highest BCUT2D eigenvalue weighted by atomic mass is 16.6. The molecular weight excluding hydrogens is 266 g/mol. The van der Waals surface area contributed by atoms with E-state index in [0.717, 1.165) is 23.7 Å². The summed E-state index contributed by atoms with van der Waals surface area (Å²) in [7, 11) is 1.95. The Kier molecular flexibility index (Phi) is 3.84. The van der Waals surface area contributed by atoms with E-state index in [1.165, 1.54) is 11.1 Å². The maximum absolute atomic E-state index is 5.63. The molecule has 0 radical (unpaired) electrons. The number of hydrogen-bond donors (Lipinski definition) is 1. The van der Waals surface area contributed by atoms with E-state index in [2.05, 4.69) is 35.7 Å². The van der Waals surface area contributed by atoms with Crippen LogP contribution in [-0.2, 0) is 13.6 Å². The Morgan fingerprint density at radius 2 is 2.05 bits per heavy atom. The van der Waals surface area contributed by atoms with Gasteiger partial charge in [-0.25, -0.2) is 0 Å². The lowest BCUT2D eigenvalue weighted by molar-refractivity contribution is 0.171. The van der Waals surface area contributed by atoms with Gasteiger partial charge < -0.3 is 14.8 Å². The number of aromatic nitrogens is 2. The highest BCUT2D eigenvalue weighted by molar-refractivity contribution is 5.44. The number of fused-ring (bicyclic) bond motifs is 1. The van der Waals surface area contributed by atoms with E-state index >= 15 is 0 Å². The third kappa shape index (κ3) is 3.03. The summed E-state index contributed by atoms with van der Waals surface area (Å²) in [4.78, 5) is 0. The van der Waals surface area contributed by atoms with Crippen LogP contribution in [-0.4, -0.2) is 23.0 Å². The zero-order valence-corrected chi connectivity index (χ0v) is 12.7. The third-order valence-electron chi connectivity index (χ3n) is 3.78. The van der Waals surface area contributed by atoms with E-state index < -0.39 is 0 Å². The number of nitrogens with zero attached hydrogens (tertiary/aromatic N) is 2. The maximum Gasteiger partial charge on any atom is 0.161 e. The topological polar surface area (TPSA) is 48.3 Å². The number of hydrogen-bond acceptors (Lipinski definition) is 4. The Morgan fingerprint density at radius 3 is 2.76 bits per heavy atom. The van der Waals surface area contributed by atoms with Gasteiger partial charge in [0.2, 0.25) is 0 Å². The van der Waals surface area contributed by atoms with Crippen LogP contribution >= 0.6 is 0 Å². The van der Waals surface area contributed by atoms with E-state index in [9.17, 15) is 0 Å². The van der Waals surface area contributed by atoms with Crippen LogP contribution in [0.3, 0.4) is 0 Å². The van der Waals surface area contributed by atoms with Gasteiger partial charge in [-0.3, -0.25) is 4.68 Å². The van der Waals surface area contributed by atoms with Crippen LogP contribution in [0.1, 0.15) is 29.8 Å². The molecule has 0 amide bonds. The van der Waals surface area contributed by atoms with Crippen LogP contribution < -0.4 is 14.8 Å². The first-order valence-electron chi connectivity index (χ1n) is 7.25. The van der Waals surface area contributed by atoms with Crippen molar-refractivity contribution in [2.75, 3.05) is 13.2 Å². The van der Waals surface area contributed by atoms with Crippen LogP contribution in [0.25, 0.3) is 0 Å². The summed E-state index contributed by atoms with van der Waals surface area (Å²) in [5, 5.41) is 7.89. The normalized spacial score (nSPS) is 15.0. The number of rotatable bonds is 4. The third-order valence-corrected chi connectivity index (χ3v) is 3.78. The number of benzene rings is 1. The second-order valence-electron chi connectivity index (χ2n) is 5.42. The minimum atomic E-state index is 0.237. The first kappa shape index (κ1) is 13.9. The predicted octanol–water partition coefficient (Wildman–Crippen LogP) is 2.35. The number of ether oxygens (including phenoxy) is 2. The van der Waals surface area contributed by atoms with Gasteiger partial charge in [-0.1, -0.05) is 6.07 Å². The molecule has 5 nitrogen and oxygen atoms in total. The molecule has 1 atom stereocenters. The van der Waals surface area contributed by atoms with Crippen LogP contribution in [0.2, 0.25) is 0 Å². The monoisotopic (exact) mass is 287 g/mol. The summed E-state index contributed by atoms with van der Waals surface area (Å²) in [6, 6.07) is 6.36. The quantitative estimate of drug-likeness (QED) is 0.938. The fourth-order valence-electron chi connectivity index (χ4n) is 2.53. The molecular formula is C16H21N3O2. The van der Waals surface area contributed by atoms with Crippen LogP contribution in [0.4, 0.5) is 0 Å².